The molecule has 6 heteroatoms. The molecule has 0 saturated carbocycles. The summed E-state index contributed by atoms with van der Waals surface area (Å²) in [5.74, 6) is -1.07. The van der Waals surface area contributed by atoms with E-state index < -0.39 is 5.97 Å². The Morgan fingerprint density at radius 1 is 0.688 bits per heavy atom. The molecule has 188 valence electrons. The van der Waals surface area contributed by atoms with Gasteiger partial charge in [0, 0.05) is 31.3 Å². The quantitative estimate of drug-likeness (QED) is 0.179. The number of aliphatic carboxylic acids is 1. The largest absolute Gasteiger partial charge is 0.481 e. The third-order valence-corrected chi connectivity index (χ3v) is 6.15. The molecule has 2 atom stereocenters. The summed E-state index contributed by atoms with van der Waals surface area (Å²) in [6.45, 7) is 7.41. The van der Waals surface area contributed by atoms with Crippen molar-refractivity contribution in [3.05, 3.63) is 0 Å². The summed E-state index contributed by atoms with van der Waals surface area (Å²) in [5, 5.41) is 14.6. The van der Waals surface area contributed by atoms with Gasteiger partial charge in [0.2, 0.25) is 11.8 Å². The normalized spacial score (nSPS) is 12.8. The summed E-state index contributed by atoms with van der Waals surface area (Å²) in [6, 6.07) is 0. The van der Waals surface area contributed by atoms with Crippen molar-refractivity contribution >= 4 is 17.8 Å². The van der Waals surface area contributed by atoms with E-state index >= 15 is 0 Å². The Labute approximate surface area is 196 Å². The van der Waals surface area contributed by atoms with Crippen molar-refractivity contribution in [2.75, 3.05) is 13.1 Å². The van der Waals surface area contributed by atoms with E-state index in [1.807, 2.05) is 13.8 Å². The summed E-state index contributed by atoms with van der Waals surface area (Å²) in [4.78, 5) is 35.3. The number of carbonyl (C=O) groups is 3. The molecule has 0 aliphatic heterocycles. The molecule has 0 bridgehead atoms. The lowest BCUT2D eigenvalue weighted by molar-refractivity contribution is -0.137. The van der Waals surface area contributed by atoms with Crippen molar-refractivity contribution in [1.29, 1.82) is 0 Å². The van der Waals surface area contributed by atoms with Gasteiger partial charge < -0.3 is 15.7 Å². The van der Waals surface area contributed by atoms with Gasteiger partial charge in [-0.25, -0.2) is 0 Å². The summed E-state index contributed by atoms with van der Waals surface area (Å²) in [7, 11) is 0. The van der Waals surface area contributed by atoms with Crippen LogP contribution in [0.5, 0.6) is 0 Å². The van der Waals surface area contributed by atoms with E-state index in [9.17, 15) is 14.4 Å². The topological polar surface area (TPSA) is 95.5 Å². The highest BCUT2D eigenvalue weighted by molar-refractivity contribution is 5.81. The molecule has 0 heterocycles. The molecule has 6 nitrogen and oxygen atoms in total. The SMILES string of the molecule is CCCCCCCCCCCCNC(=O)C(C)CC(CC)C(=O)NCCCCCC(=O)O. The lowest BCUT2D eigenvalue weighted by atomic mass is 9.92. The molecule has 2 unspecified atom stereocenters. The minimum Gasteiger partial charge on any atom is -0.481 e. The van der Waals surface area contributed by atoms with Crippen LogP contribution in [0.4, 0.5) is 0 Å². The second kappa shape index (κ2) is 21.3. The lowest BCUT2D eigenvalue weighted by Gasteiger charge is -2.19. The van der Waals surface area contributed by atoms with Crippen LogP contribution in [0.15, 0.2) is 0 Å². The van der Waals surface area contributed by atoms with Gasteiger partial charge in [-0.2, -0.15) is 0 Å². The van der Waals surface area contributed by atoms with Crippen LogP contribution in [0, 0.1) is 11.8 Å². The number of carboxylic acids is 1. The Morgan fingerprint density at radius 3 is 1.66 bits per heavy atom. The predicted molar refractivity (Wildman–Crippen MR) is 132 cm³/mol. The fourth-order valence-corrected chi connectivity index (χ4v) is 3.93. The van der Waals surface area contributed by atoms with E-state index in [1.54, 1.807) is 0 Å². The minimum atomic E-state index is -0.777. The fourth-order valence-electron chi connectivity index (χ4n) is 3.93. The van der Waals surface area contributed by atoms with Crippen molar-refractivity contribution in [3.63, 3.8) is 0 Å². The van der Waals surface area contributed by atoms with Crippen LogP contribution in [0.25, 0.3) is 0 Å². The van der Waals surface area contributed by atoms with Gasteiger partial charge in [0.1, 0.15) is 0 Å². The highest BCUT2D eigenvalue weighted by Crippen LogP contribution is 2.16. The van der Waals surface area contributed by atoms with E-state index in [0.717, 1.165) is 32.2 Å². The van der Waals surface area contributed by atoms with Crippen molar-refractivity contribution < 1.29 is 19.5 Å². The summed E-state index contributed by atoms with van der Waals surface area (Å²) in [6.07, 6.45) is 16.5. The van der Waals surface area contributed by atoms with Gasteiger partial charge >= 0.3 is 5.97 Å². The molecule has 0 aliphatic carbocycles. The Kier molecular flexibility index (Phi) is 20.2. The zero-order valence-corrected chi connectivity index (χ0v) is 21.1. The predicted octanol–water partition coefficient (Wildman–Crippen LogP) is 5.84. The van der Waals surface area contributed by atoms with Gasteiger partial charge in [0.25, 0.3) is 0 Å². The van der Waals surface area contributed by atoms with E-state index in [-0.39, 0.29) is 30.1 Å². The van der Waals surface area contributed by atoms with Crippen LogP contribution in [-0.4, -0.2) is 36.0 Å². The monoisotopic (exact) mass is 454 g/mol. The first-order valence-corrected chi connectivity index (χ1v) is 13.2. The maximum Gasteiger partial charge on any atom is 0.303 e. The van der Waals surface area contributed by atoms with E-state index in [1.165, 1.54) is 51.4 Å². The van der Waals surface area contributed by atoms with Gasteiger partial charge in [-0.05, 0) is 32.1 Å². The molecule has 32 heavy (non-hydrogen) atoms. The van der Waals surface area contributed by atoms with Gasteiger partial charge in [-0.1, -0.05) is 85.0 Å². The van der Waals surface area contributed by atoms with Crippen LogP contribution in [0.2, 0.25) is 0 Å². The number of hydrogen-bond donors (Lipinski definition) is 3. The number of amides is 2. The summed E-state index contributed by atoms with van der Waals surface area (Å²) in [5.41, 5.74) is 0. The van der Waals surface area contributed by atoms with Crippen molar-refractivity contribution in [2.24, 2.45) is 11.8 Å². The molecule has 3 N–H and O–H groups in total. The van der Waals surface area contributed by atoms with Crippen LogP contribution in [0.3, 0.4) is 0 Å². The Hall–Kier alpha value is -1.59. The standard InChI is InChI=1S/C26H50N2O4/c1-4-6-7-8-9-10-11-12-13-16-19-27-25(31)22(3)21-23(5-2)26(32)28-20-17-14-15-18-24(29)30/h22-23H,4-21H2,1-3H3,(H,27,31)(H,28,32)(H,29,30). The first-order chi connectivity index (χ1) is 15.4. The molecule has 0 saturated heterocycles. The first-order valence-electron chi connectivity index (χ1n) is 13.2. The zero-order valence-electron chi connectivity index (χ0n) is 21.1. The zero-order chi connectivity index (χ0) is 24.0. The fraction of sp³-hybridized carbons (Fsp3) is 0.885. The molecule has 0 fully saturated rings. The van der Waals surface area contributed by atoms with Crippen molar-refractivity contribution in [1.82, 2.24) is 10.6 Å². The minimum absolute atomic E-state index is 0.0000729. The Balaban J connectivity index is 3.82. The Morgan fingerprint density at radius 2 is 1.16 bits per heavy atom. The number of hydrogen-bond acceptors (Lipinski definition) is 3. The number of carboxylic acid groups (broad SMARTS) is 1. The maximum atomic E-state index is 12.4. The van der Waals surface area contributed by atoms with Crippen LogP contribution in [-0.2, 0) is 14.4 Å². The molecular formula is C26H50N2O4. The van der Waals surface area contributed by atoms with Crippen LogP contribution < -0.4 is 10.6 Å². The van der Waals surface area contributed by atoms with E-state index in [2.05, 4.69) is 17.6 Å². The third-order valence-electron chi connectivity index (χ3n) is 6.15. The van der Waals surface area contributed by atoms with Gasteiger partial charge in [-0.15, -0.1) is 0 Å². The second-order valence-electron chi connectivity index (χ2n) is 9.21. The summed E-state index contributed by atoms with van der Waals surface area (Å²) < 4.78 is 0. The molecular weight excluding hydrogens is 404 g/mol. The van der Waals surface area contributed by atoms with E-state index in [4.69, 9.17) is 5.11 Å². The second-order valence-corrected chi connectivity index (χ2v) is 9.21. The average molecular weight is 455 g/mol. The lowest BCUT2D eigenvalue weighted by Crippen LogP contribution is -2.36. The van der Waals surface area contributed by atoms with E-state index in [0.29, 0.717) is 25.8 Å². The number of unbranched alkanes of at least 4 members (excludes halogenated alkanes) is 11. The van der Waals surface area contributed by atoms with Crippen LogP contribution >= 0.6 is 0 Å². The van der Waals surface area contributed by atoms with Gasteiger partial charge in [-0.3, -0.25) is 14.4 Å². The molecule has 0 radical (unpaired) electrons. The molecule has 0 aromatic carbocycles. The van der Waals surface area contributed by atoms with Crippen molar-refractivity contribution in [3.8, 4) is 0 Å². The number of carbonyl (C=O) groups excluding carboxylic acids is 2. The van der Waals surface area contributed by atoms with Crippen LogP contribution in [0.1, 0.15) is 124 Å². The molecule has 0 aromatic heterocycles. The number of nitrogens with one attached hydrogen (secondary N) is 2. The molecule has 0 spiro atoms. The molecule has 0 rings (SSSR count). The third kappa shape index (κ3) is 18.0. The van der Waals surface area contributed by atoms with Gasteiger partial charge in [0.15, 0.2) is 0 Å². The molecule has 2 amide bonds. The molecule has 0 aromatic rings. The highest BCUT2D eigenvalue weighted by Gasteiger charge is 2.22. The highest BCUT2D eigenvalue weighted by atomic mass is 16.4. The smallest absolute Gasteiger partial charge is 0.303 e. The first kappa shape index (κ1) is 30.4. The average Bonchev–Trinajstić information content (AvgIpc) is 2.77. The maximum absolute atomic E-state index is 12.4. The summed E-state index contributed by atoms with van der Waals surface area (Å²) >= 11 is 0. The van der Waals surface area contributed by atoms with Crippen molar-refractivity contribution in [2.45, 2.75) is 124 Å². The van der Waals surface area contributed by atoms with Gasteiger partial charge in [0.05, 0.1) is 0 Å². The number of rotatable bonds is 22. The Bertz CT molecular complexity index is 496. The molecule has 0 aliphatic rings.